The molecule has 0 saturated heterocycles. The Morgan fingerprint density at radius 1 is 1.06 bits per heavy atom. The van der Waals surface area contributed by atoms with E-state index < -0.39 is 28.2 Å². The predicted octanol–water partition coefficient (Wildman–Crippen LogP) is 3.07. The van der Waals surface area contributed by atoms with E-state index in [9.17, 15) is 23.3 Å². The van der Waals surface area contributed by atoms with Crippen molar-refractivity contribution in [3.8, 4) is 11.1 Å². The van der Waals surface area contributed by atoms with E-state index in [1.165, 1.54) is 6.07 Å². The van der Waals surface area contributed by atoms with Crippen LogP contribution in [0.1, 0.15) is 0 Å². The van der Waals surface area contributed by atoms with E-state index in [0.29, 0.717) is 0 Å². The van der Waals surface area contributed by atoms with Crippen molar-refractivity contribution in [2.24, 2.45) is 0 Å². The fourth-order valence-electron chi connectivity index (χ4n) is 1.40. The van der Waals surface area contributed by atoms with Crippen LogP contribution in [0.25, 0.3) is 11.1 Å². The first kappa shape index (κ1) is 12.0. The lowest BCUT2D eigenvalue weighted by Crippen LogP contribution is -1.95. The lowest BCUT2D eigenvalue weighted by Gasteiger charge is -2.03. The zero-order valence-electron chi connectivity index (χ0n) is 8.73. The van der Waals surface area contributed by atoms with E-state index in [4.69, 9.17) is 0 Å². The third-order valence-electron chi connectivity index (χ3n) is 2.28. The molecule has 0 bridgehead atoms. The first-order valence-corrected chi connectivity index (χ1v) is 4.75. The van der Waals surface area contributed by atoms with E-state index >= 15 is 0 Å². The summed E-state index contributed by atoms with van der Waals surface area (Å²) in [6, 6.07) is 4.07. The van der Waals surface area contributed by atoms with Gasteiger partial charge in [-0.15, -0.1) is 0 Å². The summed E-state index contributed by atoms with van der Waals surface area (Å²) in [5.41, 5.74) is -0.0895. The summed E-state index contributed by atoms with van der Waals surface area (Å²) < 4.78 is 39.2. The van der Waals surface area contributed by atoms with E-state index in [1.54, 1.807) is 0 Å². The highest BCUT2D eigenvalue weighted by Crippen LogP contribution is 2.26. The molecule has 0 aliphatic heterocycles. The number of pyridine rings is 1. The molecule has 1 heterocycles. The molecule has 0 atom stereocenters. The van der Waals surface area contributed by atoms with Gasteiger partial charge in [0.2, 0.25) is 0 Å². The van der Waals surface area contributed by atoms with Gasteiger partial charge >= 0.3 is 5.82 Å². The molecule has 0 fully saturated rings. The maximum Gasteiger partial charge on any atom is 0.363 e. The summed E-state index contributed by atoms with van der Waals surface area (Å²) >= 11 is 0. The molecule has 7 heteroatoms. The molecule has 92 valence electrons. The fourth-order valence-corrected chi connectivity index (χ4v) is 1.40. The smallest absolute Gasteiger partial charge is 0.358 e. The van der Waals surface area contributed by atoms with Crippen LogP contribution in [0.2, 0.25) is 0 Å². The molecule has 0 aliphatic rings. The minimum atomic E-state index is -1.59. The minimum absolute atomic E-state index is 0.122. The number of aromatic nitrogens is 1. The molecule has 2 aromatic rings. The largest absolute Gasteiger partial charge is 0.363 e. The van der Waals surface area contributed by atoms with Gasteiger partial charge in [-0.05, 0) is 28.1 Å². The summed E-state index contributed by atoms with van der Waals surface area (Å²) in [7, 11) is 0. The first-order chi connectivity index (χ1) is 8.50. The first-order valence-electron chi connectivity index (χ1n) is 4.75. The molecule has 0 spiro atoms. The number of nitrogens with zero attached hydrogens (tertiary/aromatic N) is 2. The van der Waals surface area contributed by atoms with Gasteiger partial charge in [0.1, 0.15) is 6.20 Å². The van der Waals surface area contributed by atoms with E-state index in [-0.39, 0.29) is 11.1 Å². The second-order valence-electron chi connectivity index (χ2n) is 3.39. The normalized spacial score (nSPS) is 10.4. The third-order valence-corrected chi connectivity index (χ3v) is 2.28. The highest BCUT2D eigenvalue weighted by molar-refractivity contribution is 5.63. The molecular weight excluding hydrogens is 249 g/mol. The third kappa shape index (κ3) is 2.02. The second-order valence-corrected chi connectivity index (χ2v) is 3.39. The molecule has 0 amide bonds. The Morgan fingerprint density at radius 3 is 2.33 bits per heavy atom. The maximum absolute atomic E-state index is 13.4. The van der Waals surface area contributed by atoms with Gasteiger partial charge in [-0.3, -0.25) is 0 Å². The number of rotatable bonds is 2. The topological polar surface area (TPSA) is 56.0 Å². The number of benzene rings is 1. The summed E-state index contributed by atoms with van der Waals surface area (Å²) in [6.45, 7) is 0. The van der Waals surface area contributed by atoms with Crippen LogP contribution in [0.4, 0.5) is 19.0 Å². The number of halogens is 3. The van der Waals surface area contributed by atoms with Crippen molar-refractivity contribution in [3.63, 3.8) is 0 Å². The van der Waals surface area contributed by atoms with E-state index in [1.807, 2.05) is 0 Å². The van der Waals surface area contributed by atoms with Gasteiger partial charge < -0.3 is 10.1 Å². The van der Waals surface area contributed by atoms with Crippen LogP contribution in [0, 0.1) is 27.6 Å². The van der Waals surface area contributed by atoms with Crippen LogP contribution in [-0.4, -0.2) is 9.91 Å². The molecule has 1 aromatic carbocycles. The van der Waals surface area contributed by atoms with Gasteiger partial charge in [-0.2, -0.15) is 0 Å². The SMILES string of the molecule is O=[N+]([O-])c1ccc(-c2ccc(F)c(F)c2F)cn1. The summed E-state index contributed by atoms with van der Waals surface area (Å²) in [5, 5.41) is 10.4. The lowest BCUT2D eigenvalue weighted by molar-refractivity contribution is -0.389. The van der Waals surface area contributed by atoms with Crippen LogP contribution in [-0.2, 0) is 0 Å². The molecular formula is C11H5F3N2O2. The number of hydrogen-bond donors (Lipinski definition) is 0. The van der Waals surface area contributed by atoms with Gasteiger partial charge in [0.15, 0.2) is 17.5 Å². The highest BCUT2D eigenvalue weighted by atomic mass is 19.2. The number of hydrogen-bond acceptors (Lipinski definition) is 3. The predicted molar refractivity (Wildman–Crippen MR) is 56.2 cm³/mol. The molecule has 4 nitrogen and oxygen atoms in total. The molecule has 0 radical (unpaired) electrons. The van der Waals surface area contributed by atoms with Gasteiger partial charge in [0.05, 0.1) is 0 Å². The lowest BCUT2D eigenvalue weighted by atomic mass is 10.1. The Labute approximate surface area is 98.9 Å². The molecule has 1 aromatic heterocycles. The summed E-state index contributed by atoms with van der Waals surface area (Å²) in [6.07, 6.45) is 1.02. The van der Waals surface area contributed by atoms with Crippen LogP contribution in [0.5, 0.6) is 0 Å². The fraction of sp³-hybridized carbons (Fsp3) is 0. The zero-order valence-corrected chi connectivity index (χ0v) is 8.73. The Hall–Kier alpha value is -2.44. The highest BCUT2D eigenvalue weighted by Gasteiger charge is 2.16. The Bertz CT molecular complexity index is 614. The summed E-state index contributed by atoms with van der Waals surface area (Å²) in [4.78, 5) is 13.1. The van der Waals surface area contributed by atoms with Gasteiger partial charge in [-0.1, -0.05) is 0 Å². The van der Waals surface area contributed by atoms with Gasteiger partial charge in [0.25, 0.3) is 0 Å². The molecule has 0 N–H and O–H groups in total. The van der Waals surface area contributed by atoms with E-state index in [0.717, 1.165) is 24.4 Å². The van der Waals surface area contributed by atoms with Crippen molar-refractivity contribution in [1.29, 1.82) is 0 Å². The molecule has 2 rings (SSSR count). The van der Waals surface area contributed by atoms with Gasteiger partial charge in [0, 0.05) is 17.2 Å². The molecule has 0 saturated carbocycles. The van der Waals surface area contributed by atoms with E-state index in [2.05, 4.69) is 4.98 Å². The van der Waals surface area contributed by atoms with Crippen molar-refractivity contribution in [1.82, 2.24) is 4.98 Å². The van der Waals surface area contributed by atoms with Crippen LogP contribution in [0.15, 0.2) is 30.5 Å². The van der Waals surface area contributed by atoms with Crippen LogP contribution >= 0.6 is 0 Å². The average molecular weight is 254 g/mol. The van der Waals surface area contributed by atoms with Crippen molar-refractivity contribution >= 4 is 5.82 Å². The van der Waals surface area contributed by atoms with Crippen molar-refractivity contribution < 1.29 is 18.1 Å². The Morgan fingerprint density at radius 2 is 1.78 bits per heavy atom. The van der Waals surface area contributed by atoms with Crippen molar-refractivity contribution in [2.45, 2.75) is 0 Å². The Kier molecular flexibility index (Phi) is 2.97. The van der Waals surface area contributed by atoms with Crippen molar-refractivity contribution in [3.05, 3.63) is 58.0 Å². The Balaban J connectivity index is 2.49. The standard InChI is InChI=1S/C11H5F3N2O2/c12-8-3-2-7(10(13)11(8)14)6-1-4-9(15-5-6)16(17)18/h1-5H. The van der Waals surface area contributed by atoms with Gasteiger partial charge in [-0.25, -0.2) is 13.2 Å². The number of nitro groups is 1. The monoisotopic (exact) mass is 254 g/mol. The molecule has 0 unspecified atom stereocenters. The summed E-state index contributed by atoms with van der Waals surface area (Å²) in [5.74, 6) is -4.66. The van der Waals surface area contributed by atoms with Crippen LogP contribution < -0.4 is 0 Å². The minimum Gasteiger partial charge on any atom is -0.358 e. The zero-order chi connectivity index (χ0) is 13.3. The molecule has 0 aliphatic carbocycles. The van der Waals surface area contributed by atoms with Crippen LogP contribution in [0.3, 0.4) is 0 Å². The second kappa shape index (κ2) is 4.44. The maximum atomic E-state index is 13.4. The molecule has 18 heavy (non-hydrogen) atoms. The van der Waals surface area contributed by atoms with Crippen molar-refractivity contribution in [2.75, 3.05) is 0 Å². The average Bonchev–Trinajstić information content (AvgIpc) is 2.36. The quantitative estimate of drug-likeness (QED) is 0.470.